The molecule has 0 aromatic heterocycles. The minimum atomic E-state index is -0.0686. The van der Waals surface area contributed by atoms with Crippen LogP contribution >= 0.6 is 11.8 Å². The van der Waals surface area contributed by atoms with Crippen molar-refractivity contribution >= 4 is 17.7 Å². The Morgan fingerprint density at radius 2 is 2.47 bits per heavy atom. The second kappa shape index (κ2) is 6.35. The van der Waals surface area contributed by atoms with Gasteiger partial charge in [-0.05, 0) is 19.8 Å². The van der Waals surface area contributed by atoms with Crippen LogP contribution in [0.3, 0.4) is 0 Å². The lowest BCUT2D eigenvalue weighted by molar-refractivity contribution is -0.120. The number of carbonyl (C=O) groups is 1. The van der Waals surface area contributed by atoms with Crippen LogP contribution in [0.15, 0.2) is 0 Å². The van der Waals surface area contributed by atoms with Crippen molar-refractivity contribution < 1.29 is 9.53 Å². The normalized spacial score (nSPS) is 27.7. The number of thioether (sulfide) groups is 1. The maximum Gasteiger partial charge on any atom is 0.246 e. The lowest BCUT2D eigenvalue weighted by atomic mass is 10.2. The number of rotatable bonds is 5. The van der Waals surface area contributed by atoms with Crippen molar-refractivity contribution in [2.75, 3.05) is 6.61 Å². The zero-order valence-corrected chi connectivity index (χ0v) is 10.2. The molecule has 1 fully saturated rings. The fraction of sp³-hybridized carbons (Fsp3) is 0.900. The highest BCUT2D eigenvalue weighted by Crippen LogP contribution is 2.31. The smallest absolute Gasteiger partial charge is 0.246 e. The van der Waals surface area contributed by atoms with Gasteiger partial charge in [0.15, 0.2) is 0 Å². The van der Waals surface area contributed by atoms with Crippen LogP contribution in [-0.2, 0) is 9.53 Å². The standard InChI is InChI=1S/C10H20N2O2S/c1-3-4-9(10(13)12-11)15-8-5-6-14-7(8)2/h7-9H,3-6,11H2,1-2H3,(H,12,13). The minimum absolute atomic E-state index is 0.0332. The van der Waals surface area contributed by atoms with Crippen molar-refractivity contribution in [1.82, 2.24) is 5.43 Å². The molecule has 15 heavy (non-hydrogen) atoms. The molecule has 0 saturated carbocycles. The average molecular weight is 232 g/mol. The van der Waals surface area contributed by atoms with Gasteiger partial charge < -0.3 is 4.74 Å². The zero-order valence-electron chi connectivity index (χ0n) is 9.36. The number of amides is 1. The number of ether oxygens (including phenoxy) is 1. The summed E-state index contributed by atoms with van der Waals surface area (Å²) in [5, 5.41) is 0.396. The first-order chi connectivity index (χ1) is 7.19. The van der Waals surface area contributed by atoms with Crippen molar-refractivity contribution in [2.45, 2.75) is 49.7 Å². The molecule has 1 aliphatic rings. The number of carbonyl (C=O) groups excluding carboxylic acids is 1. The molecule has 3 atom stereocenters. The molecular weight excluding hydrogens is 212 g/mol. The molecule has 1 amide bonds. The van der Waals surface area contributed by atoms with Gasteiger partial charge >= 0.3 is 0 Å². The van der Waals surface area contributed by atoms with E-state index in [4.69, 9.17) is 10.6 Å². The fourth-order valence-electron chi connectivity index (χ4n) is 1.72. The number of hydrogen-bond donors (Lipinski definition) is 2. The van der Waals surface area contributed by atoms with Crippen molar-refractivity contribution in [2.24, 2.45) is 5.84 Å². The van der Waals surface area contributed by atoms with Gasteiger partial charge in [-0.25, -0.2) is 5.84 Å². The summed E-state index contributed by atoms with van der Waals surface area (Å²) in [6.45, 7) is 4.95. The molecule has 1 aliphatic heterocycles. The van der Waals surface area contributed by atoms with Crippen LogP contribution in [0.4, 0.5) is 0 Å². The van der Waals surface area contributed by atoms with Crippen LogP contribution < -0.4 is 11.3 Å². The van der Waals surface area contributed by atoms with Crippen molar-refractivity contribution in [3.05, 3.63) is 0 Å². The zero-order chi connectivity index (χ0) is 11.3. The van der Waals surface area contributed by atoms with Gasteiger partial charge in [0.25, 0.3) is 0 Å². The van der Waals surface area contributed by atoms with E-state index in [-0.39, 0.29) is 17.3 Å². The first-order valence-corrected chi connectivity index (χ1v) is 6.40. The van der Waals surface area contributed by atoms with Gasteiger partial charge in [-0.15, -0.1) is 11.8 Å². The molecule has 0 radical (unpaired) electrons. The molecule has 1 saturated heterocycles. The van der Waals surface area contributed by atoms with Gasteiger partial charge in [0.05, 0.1) is 11.4 Å². The highest BCUT2D eigenvalue weighted by atomic mass is 32.2. The van der Waals surface area contributed by atoms with Crippen LogP contribution in [0.2, 0.25) is 0 Å². The van der Waals surface area contributed by atoms with Crippen LogP contribution in [-0.4, -0.2) is 29.1 Å². The number of hydrogen-bond acceptors (Lipinski definition) is 4. The van der Waals surface area contributed by atoms with Gasteiger partial charge in [-0.1, -0.05) is 13.3 Å². The first-order valence-electron chi connectivity index (χ1n) is 5.46. The Bertz CT molecular complexity index is 214. The Morgan fingerprint density at radius 1 is 1.73 bits per heavy atom. The van der Waals surface area contributed by atoms with Crippen LogP contribution in [0.5, 0.6) is 0 Å². The maximum absolute atomic E-state index is 11.5. The van der Waals surface area contributed by atoms with E-state index in [0.717, 1.165) is 25.9 Å². The van der Waals surface area contributed by atoms with Crippen LogP contribution in [0, 0.1) is 0 Å². The van der Waals surface area contributed by atoms with E-state index in [1.165, 1.54) is 0 Å². The van der Waals surface area contributed by atoms with Gasteiger partial charge in [0.2, 0.25) is 5.91 Å². The molecule has 0 bridgehead atoms. The van der Waals surface area contributed by atoms with Crippen LogP contribution in [0.1, 0.15) is 33.1 Å². The summed E-state index contributed by atoms with van der Waals surface area (Å²) >= 11 is 1.70. The van der Waals surface area contributed by atoms with E-state index >= 15 is 0 Å². The molecule has 3 unspecified atom stereocenters. The summed E-state index contributed by atoms with van der Waals surface area (Å²) in [6, 6.07) is 0. The molecule has 1 heterocycles. The van der Waals surface area contributed by atoms with Crippen molar-refractivity contribution in [1.29, 1.82) is 0 Å². The summed E-state index contributed by atoms with van der Waals surface area (Å²) in [5.41, 5.74) is 2.24. The Kier molecular flexibility index (Phi) is 5.42. The van der Waals surface area contributed by atoms with Gasteiger partial charge in [0, 0.05) is 11.9 Å². The summed E-state index contributed by atoms with van der Waals surface area (Å²) < 4.78 is 5.47. The second-order valence-electron chi connectivity index (χ2n) is 3.83. The van der Waals surface area contributed by atoms with E-state index in [2.05, 4.69) is 19.3 Å². The lowest BCUT2D eigenvalue weighted by Gasteiger charge is -2.20. The SMILES string of the molecule is CCCC(SC1CCOC1C)C(=O)NN. The predicted molar refractivity (Wildman–Crippen MR) is 62.4 cm³/mol. The van der Waals surface area contributed by atoms with E-state index in [0.29, 0.717) is 5.25 Å². The molecule has 0 aromatic carbocycles. The summed E-state index contributed by atoms with van der Waals surface area (Å²) in [6.07, 6.45) is 3.15. The predicted octanol–water partition coefficient (Wildman–Crippen LogP) is 1.06. The van der Waals surface area contributed by atoms with Gasteiger partial charge in [-0.3, -0.25) is 10.2 Å². The Morgan fingerprint density at radius 3 is 2.93 bits per heavy atom. The fourth-order valence-corrected chi connectivity index (χ4v) is 3.24. The van der Waals surface area contributed by atoms with E-state index in [1.54, 1.807) is 11.8 Å². The molecular formula is C10H20N2O2S. The highest BCUT2D eigenvalue weighted by Gasteiger charge is 2.29. The Hall–Kier alpha value is -0.260. The second-order valence-corrected chi connectivity index (χ2v) is 5.27. The highest BCUT2D eigenvalue weighted by molar-refractivity contribution is 8.01. The van der Waals surface area contributed by atoms with Crippen LogP contribution in [0.25, 0.3) is 0 Å². The molecule has 4 nitrogen and oxygen atoms in total. The third-order valence-electron chi connectivity index (χ3n) is 2.63. The van der Waals surface area contributed by atoms with Crippen molar-refractivity contribution in [3.8, 4) is 0 Å². The monoisotopic (exact) mass is 232 g/mol. The number of nitrogens with one attached hydrogen (secondary N) is 1. The third kappa shape index (κ3) is 3.66. The largest absolute Gasteiger partial charge is 0.377 e. The van der Waals surface area contributed by atoms with Crippen molar-refractivity contribution in [3.63, 3.8) is 0 Å². The molecule has 0 spiro atoms. The van der Waals surface area contributed by atoms with E-state index in [1.807, 2.05) is 0 Å². The molecule has 5 heteroatoms. The number of hydrazine groups is 1. The molecule has 3 N–H and O–H groups in total. The Balaban J connectivity index is 2.46. The third-order valence-corrected chi connectivity index (χ3v) is 4.38. The van der Waals surface area contributed by atoms with E-state index in [9.17, 15) is 4.79 Å². The topological polar surface area (TPSA) is 64.3 Å². The Labute approximate surface area is 95.3 Å². The number of nitrogens with two attached hydrogens (primary N) is 1. The van der Waals surface area contributed by atoms with E-state index < -0.39 is 0 Å². The minimum Gasteiger partial charge on any atom is -0.377 e. The van der Waals surface area contributed by atoms with Gasteiger partial charge in [0.1, 0.15) is 0 Å². The average Bonchev–Trinajstić information content (AvgIpc) is 2.63. The first kappa shape index (κ1) is 12.8. The molecule has 0 aromatic rings. The summed E-state index contributed by atoms with van der Waals surface area (Å²) in [5.74, 6) is 5.10. The maximum atomic E-state index is 11.5. The molecule has 0 aliphatic carbocycles. The molecule has 88 valence electrons. The summed E-state index contributed by atoms with van der Waals surface area (Å²) in [7, 11) is 0. The molecule has 1 rings (SSSR count). The van der Waals surface area contributed by atoms with Gasteiger partial charge in [-0.2, -0.15) is 0 Å². The quantitative estimate of drug-likeness (QED) is 0.422. The summed E-state index contributed by atoms with van der Waals surface area (Å²) in [4.78, 5) is 11.5. The lowest BCUT2D eigenvalue weighted by Crippen LogP contribution is -2.38.